The first-order chi connectivity index (χ1) is 18.5. The molecule has 202 valence electrons. The van der Waals surface area contributed by atoms with Crippen molar-refractivity contribution in [3.8, 4) is 5.75 Å². The van der Waals surface area contributed by atoms with Crippen molar-refractivity contribution in [1.29, 1.82) is 0 Å². The number of anilines is 2. The number of nitrogens with zero attached hydrogens (tertiary/aromatic N) is 2. The SMILES string of the molecule is CCOC(=O)c1ccc(S(=O)(=O)Oc2cccc3cc(N(c4cccc([N+](=O)[O-])c4)S(=O)[O-])c(=O)oc23)cc1. The first kappa shape index (κ1) is 27.4. The highest BCUT2D eigenvalue weighted by atomic mass is 32.2. The maximum atomic E-state index is 12.9. The van der Waals surface area contributed by atoms with Gasteiger partial charge >= 0.3 is 21.7 Å². The van der Waals surface area contributed by atoms with E-state index in [1.807, 2.05) is 0 Å². The van der Waals surface area contributed by atoms with Crippen LogP contribution in [0.1, 0.15) is 17.3 Å². The zero-order chi connectivity index (χ0) is 28.3. The third-order valence-corrected chi connectivity index (χ3v) is 7.16. The fraction of sp³-hybridized carbons (Fsp3) is 0.0833. The minimum atomic E-state index is -4.46. The Balaban J connectivity index is 1.72. The van der Waals surface area contributed by atoms with E-state index in [1.54, 1.807) is 6.92 Å². The Morgan fingerprint density at radius 3 is 2.41 bits per heavy atom. The van der Waals surface area contributed by atoms with Gasteiger partial charge in [0.25, 0.3) is 5.69 Å². The summed E-state index contributed by atoms with van der Waals surface area (Å²) in [5, 5.41) is 11.2. The van der Waals surface area contributed by atoms with Crippen LogP contribution in [-0.2, 0) is 26.1 Å². The van der Waals surface area contributed by atoms with Crippen LogP contribution in [0.2, 0.25) is 0 Å². The largest absolute Gasteiger partial charge is 0.755 e. The van der Waals surface area contributed by atoms with Gasteiger partial charge in [0, 0.05) is 17.5 Å². The number of benzene rings is 3. The molecule has 0 saturated heterocycles. The van der Waals surface area contributed by atoms with Gasteiger partial charge in [-0.1, -0.05) is 18.2 Å². The van der Waals surface area contributed by atoms with E-state index in [-0.39, 0.29) is 39.5 Å². The number of rotatable bonds is 9. The Hall–Kier alpha value is -4.60. The van der Waals surface area contributed by atoms with Crippen molar-refractivity contribution in [3.63, 3.8) is 0 Å². The fourth-order valence-electron chi connectivity index (χ4n) is 3.49. The van der Waals surface area contributed by atoms with Crippen LogP contribution in [-0.4, -0.2) is 34.7 Å². The molecule has 0 aliphatic rings. The van der Waals surface area contributed by atoms with Crippen LogP contribution >= 0.6 is 0 Å². The number of hydrogen-bond donors (Lipinski definition) is 0. The van der Waals surface area contributed by atoms with Gasteiger partial charge in [0.1, 0.15) is 10.6 Å². The Morgan fingerprint density at radius 2 is 1.77 bits per heavy atom. The molecule has 39 heavy (non-hydrogen) atoms. The van der Waals surface area contributed by atoms with E-state index in [4.69, 9.17) is 13.3 Å². The van der Waals surface area contributed by atoms with Gasteiger partial charge in [-0.25, -0.2) is 9.59 Å². The zero-order valence-corrected chi connectivity index (χ0v) is 21.5. The normalized spacial score (nSPS) is 12.1. The first-order valence-electron chi connectivity index (χ1n) is 10.9. The molecule has 1 aromatic heterocycles. The van der Waals surface area contributed by atoms with Crippen molar-refractivity contribution in [2.45, 2.75) is 11.8 Å². The number of fused-ring (bicyclic) bond motifs is 1. The number of ether oxygens (including phenoxy) is 1. The summed E-state index contributed by atoms with van der Waals surface area (Å²) in [4.78, 5) is 34.8. The summed E-state index contributed by atoms with van der Waals surface area (Å²) in [5.41, 5.74) is -2.48. The molecule has 0 amide bonds. The maximum absolute atomic E-state index is 12.9. The molecule has 1 unspecified atom stereocenters. The zero-order valence-electron chi connectivity index (χ0n) is 19.8. The Labute approximate surface area is 222 Å². The highest BCUT2D eigenvalue weighted by Gasteiger charge is 2.23. The third kappa shape index (κ3) is 5.79. The average molecular weight is 574 g/mol. The molecule has 4 aromatic rings. The van der Waals surface area contributed by atoms with Gasteiger partial charge < -0.3 is 17.9 Å². The summed E-state index contributed by atoms with van der Waals surface area (Å²) in [6, 6.07) is 14.5. The van der Waals surface area contributed by atoms with Gasteiger partial charge in [0.05, 0.1) is 34.0 Å². The molecule has 0 N–H and O–H groups in total. The van der Waals surface area contributed by atoms with Crippen molar-refractivity contribution in [3.05, 3.63) is 98.9 Å². The molecule has 13 nitrogen and oxygen atoms in total. The molecule has 4 rings (SSSR count). The molecule has 0 aliphatic heterocycles. The van der Waals surface area contributed by atoms with Crippen molar-refractivity contribution in [1.82, 2.24) is 0 Å². The monoisotopic (exact) mass is 573 g/mol. The average Bonchev–Trinajstić information content (AvgIpc) is 2.89. The highest BCUT2D eigenvalue weighted by Crippen LogP contribution is 2.33. The fourth-order valence-corrected chi connectivity index (χ4v) is 5.00. The second-order valence-electron chi connectivity index (χ2n) is 7.66. The molecule has 0 fully saturated rings. The molecule has 3 aromatic carbocycles. The second-order valence-corrected chi connectivity index (χ2v) is 10.0. The number of esters is 1. The molecular formula is C24H17N2O11S2-. The lowest BCUT2D eigenvalue weighted by Crippen LogP contribution is -2.25. The molecule has 1 heterocycles. The van der Waals surface area contributed by atoms with Gasteiger partial charge in [-0.05, 0) is 49.4 Å². The van der Waals surface area contributed by atoms with E-state index in [9.17, 15) is 36.9 Å². The summed E-state index contributed by atoms with van der Waals surface area (Å²) in [7, 11) is -4.46. The van der Waals surface area contributed by atoms with Gasteiger partial charge in [0.15, 0.2) is 11.3 Å². The van der Waals surface area contributed by atoms with E-state index in [2.05, 4.69) is 0 Å². The molecular weight excluding hydrogens is 556 g/mol. The number of carbonyl (C=O) groups is 1. The lowest BCUT2D eigenvalue weighted by atomic mass is 10.2. The van der Waals surface area contributed by atoms with Gasteiger partial charge in [-0.2, -0.15) is 8.42 Å². The third-order valence-electron chi connectivity index (χ3n) is 5.20. The Bertz CT molecular complexity index is 1770. The Kier molecular flexibility index (Phi) is 7.75. The van der Waals surface area contributed by atoms with E-state index >= 15 is 0 Å². The minimum absolute atomic E-state index is 0.0934. The van der Waals surface area contributed by atoms with Crippen molar-refractivity contribution in [2.75, 3.05) is 10.9 Å². The van der Waals surface area contributed by atoms with Crippen molar-refractivity contribution >= 4 is 55.4 Å². The molecule has 0 aliphatic carbocycles. The van der Waals surface area contributed by atoms with Crippen molar-refractivity contribution in [2.24, 2.45) is 0 Å². The van der Waals surface area contributed by atoms with Crippen LogP contribution in [0.25, 0.3) is 11.0 Å². The summed E-state index contributed by atoms with van der Waals surface area (Å²) in [6.45, 7) is 1.77. The Morgan fingerprint density at radius 1 is 1.08 bits per heavy atom. The molecule has 15 heteroatoms. The van der Waals surface area contributed by atoms with Crippen LogP contribution in [0, 0.1) is 10.1 Å². The molecule has 0 saturated carbocycles. The first-order valence-corrected chi connectivity index (χ1v) is 13.4. The van der Waals surface area contributed by atoms with Crippen LogP contribution in [0.15, 0.2) is 86.9 Å². The second kappa shape index (κ2) is 11.0. The van der Waals surface area contributed by atoms with Crippen LogP contribution in [0.4, 0.5) is 17.1 Å². The summed E-state index contributed by atoms with van der Waals surface area (Å²) >= 11 is -3.09. The number of carbonyl (C=O) groups excluding carboxylic acids is 1. The molecule has 0 radical (unpaired) electrons. The predicted molar refractivity (Wildman–Crippen MR) is 137 cm³/mol. The topological polar surface area (TPSA) is 186 Å². The minimum Gasteiger partial charge on any atom is -0.755 e. The smallest absolute Gasteiger partial charge is 0.361 e. The number of non-ortho nitro benzene ring substituents is 1. The van der Waals surface area contributed by atoms with Crippen LogP contribution < -0.4 is 14.1 Å². The molecule has 0 bridgehead atoms. The van der Waals surface area contributed by atoms with E-state index in [0.717, 1.165) is 30.3 Å². The number of nitro benzene ring substituents is 1. The standard InChI is InChI=1S/C24H18N2O11S2/c1-2-35-23(27)15-9-11-19(12-10-15)39(33,34)37-21-8-3-5-16-13-20(24(28)36-22(16)21)25(38(31)32)17-6-4-7-18(14-17)26(29)30/h3-14H,2H2,1H3,(H,31,32)/p-1. The maximum Gasteiger partial charge on any atom is 0.361 e. The predicted octanol–water partition coefficient (Wildman–Crippen LogP) is 3.58. The lowest BCUT2D eigenvalue weighted by Gasteiger charge is -2.25. The van der Waals surface area contributed by atoms with Gasteiger partial charge in [-0.15, -0.1) is 0 Å². The quantitative estimate of drug-likeness (QED) is 0.0711. The van der Waals surface area contributed by atoms with Crippen molar-refractivity contribution < 1.29 is 40.2 Å². The van der Waals surface area contributed by atoms with Gasteiger partial charge in [0.2, 0.25) is 0 Å². The van der Waals surface area contributed by atoms with E-state index < -0.39 is 49.3 Å². The van der Waals surface area contributed by atoms with Crippen LogP contribution in [0.5, 0.6) is 5.75 Å². The summed E-state index contributed by atoms with van der Waals surface area (Å²) in [5.74, 6) is -0.997. The van der Waals surface area contributed by atoms with E-state index in [1.165, 1.54) is 42.5 Å². The number of para-hydroxylation sites is 1. The highest BCUT2D eigenvalue weighted by molar-refractivity contribution is 7.87. The number of nitro groups is 1. The molecule has 0 spiro atoms. The number of hydrogen-bond acceptors (Lipinski definition) is 11. The molecule has 1 atom stereocenters. The summed E-state index contributed by atoms with van der Waals surface area (Å²) in [6.07, 6.45) is 0. The lowest BCUT2D eigenvalue weighted by molar-refractivity contribution is -0.384. The summed E-state index contributed by atoms with van der Waals surface area (Å²) < 4.78 is 65.6. The van der Waals surface area contributed by atoms with E-state index in [0.29, 0.717) is 4.31 Å². The van der Waals surface area contributed by atoms with Gasteiger partial charge in [-0.3, -0.25) is 18.6 Å². The van der Waals surface area contributed by atoms with Crippen LogP contribution in [0.3, 0.4) is 0 Å².